The van der Waals surface area contributed by atoms with Gasteiger partial charge in [0.25, 0.3) is 0 Å². The number of hydrogen-bond donors (Lipinski definition) is 1. The van der Waals surface area contributed by atoms with Gasteiger partial charge in [-0.05, 0) is 48.1 Å². The first-order valence-corrected chi connectivity index (χ1v) is 7.37. The quantitative estimate of drug-likeness (QED) is 0.929. The molecule has 3 nitrogen and oxygen atoms in total. The SMILES string of the molecule is COc1ccc(Cc2cccc3c2NCCC3)cc1OC. The Hall–Kier alpha value is -2.16. The molecular weight excluding hydrogens is 262 g/mol. The van der Waals surface area contributed by atoms with E-state index < -0.39 is 0 Å². The second kappa shape index (κ2) is 6.08. The van der Waals surface area contributed by atoms with Crippen molar-refractivity contribution >= 4 is 5.69 Å². The molecule has 110 valence electrons. The topological polar surface area (TPSA) is 30.5 Å². The maximum Gasteiger partial charge on any atom is 0.160 e. The van der Waals surface area contributed by atoms with Gasteiger partial charge in [0.2, 0.25) is 0 Å². The molecule has 0 unspecified atom stereocenters. The molecule has 21 heavy (non-hydrogen) atoms. The van der Waals surface area contributed by atoms with Crippen molar-refractivity contribution in [1.82, 2.24) is 0 Å². The fraction of sp³-hybridized carbons (Fsp3) is 0.333. The van der Waals surface area contributed by atoms with Gasteiger partial charge in [0.1, 0.15) is 0 Å². The zero-order valence-corrected chi connectivity index (χ0v) is 12.6. The number of nitrogens with one attached hydrogen (secondary N) is 1. The predicted molar refractivity (Wildman–Crippen MR) is 85.6 cm³/mol. The van der Waals surface area contributed by atoms with Crippen LogP contribution in [0.2, 0.25) is 0 Å². The highest BCUT2D eigenvalue weighted by molar-refractivity contribution is 5.60. The Balaban J connectivity index is 1.90. The van der Waals surface area contributed by atoms with Crippen molar-refractivity contribution in [3.8, 4) is 11.5 Å². The van der Waals surface area contributed by atoms with Gasteiger partial charge < -0.3 is 14.8 Å². The van der Waals surface area contributed by atoms with E-state index in [-0.39, 0.29) is 0 Å². The highest BCUT2D eigenvalue weighted by Crippen LogP contribution is 2.31. The number of ether oxygens (including phenoxy) is 2. The monoisotopic (exact) mass is 283 g/mol. The van der Waals surface area contributed by atoms with Crippen molar-refractivity contribution < 1.29 is 9.47 Å². The molecule has 1 N–H and O–H groups in total. The molecule has 1 aliphatic rings. The smallest absolute Gasteiger partial charge is 0.160 e. The molecule has 0 amide bonds. The van der Waals surface area contributed by atoms with Crippen molar-refractivity contribution in [1.29, 1.82) is 0 Å². The molecule has 3 heteroatoms. The Labute approximate surface area is 125 Å². The van der Waals surface area contributed by atoms with Gasteiger partial charge in [-0.25, -0.2) is 0 Å². The summed E-state index contributed by atoms with van der Waals surface area (Å²) in [4.78, 5) is 0. The van der Waals surface area contributed by atoms with Crippen molar-refractivity contribution in [3.05, 3.63) is 53.1 Å². The summed E-state index contributed by atoms with van der Waals surface area (Å²) in [6.07, 6.45) is 3.28. The Bertz CT molecular complexity index is 637. The summed E-state index contributed by atoms with van der Waals surface area (Å²) in [5.74, 6) is 1.56. The molecule has 1 aliphatic heterocycles. The number of benzene rings is 2. The normalized spacial score (nSPS) is 13.2. The number of methoxy groups -OCH3 is 2. The summed E-state index contributed by atoms with van der Waals surface area (Å²) in [6, 6.07) is 12.7. The van der Waals surface area contributed by atoms with E-state index in [0.717, 1.165) is 24.5 Å². The van der Waals surface area contributed by atoms with Crippen LogP contribution in [0.15, 0.2) is 36.4 Å². The first-order chi connectivity index (χ1) is 10.3. The molecule has 0 bridgehead atoms. The first-order valence-electron chi connectivity index (χ1n) is 7.37. The number of fused-ring (bicyclic) bond motifs is 1. The number of hydrogen-bond acceptors (Lipinski definition) is 3. The molecule has 2 aromatic rings. The lowest BCUT2D eigenvalue weighted by atomic mass is 9.95. The van der Waals surface area contributed by atoms with Gasteiger partial charge in [-0.2, -0.15) is 0 Å². The number of rotatable bonds is 4. The van der Waals surface area contributed by atoms with Crippen LogP contribution in [0.1, 0.15) is 23.1 Å². The predicted octanol–water partition coefficient (Wildman–Crippen LogP) is 3.65. The third-order valence-corrected chi connectivity index (χ3v) is 4.00. The summed E-state index contributed by atoms with van der Waals surface area (Å²) in [7, 11) is 3.34. The summed E-state index contributed by atoms with van der Waals surface area (Å²) >= 11 is 0. The molecule has 0 saturated heterocycles. The molecule has 2 aromatic carbocycles. The minimum Gasteiger partial charge on any atom is -0.493 e. The Kier molecular flexibility index (Phi) is 4.00. The van der Waals surface area contributed by atoms with E-state index in [1.165, 1.54) is 35.2 Å². The Morgan fingerprint density at radius 1 is 1.05 bits per heavy atom. The largest absolute Gasteiger partial charge is 0.493 e. The lowest BCUT2D eigenvalue weighted by Gasteiger charge is -2.21. The number of aryl methyl sites for hydroxylation is 1. The summed E-state index contributed by atoms with van der Waals surface area (Å²) in [6.45, 7) is 1.07. The van der Waals surface area contributed by atoms with Crippen LogP contribution >= 0.6 is 0 Å². The van der Waals surface area contributed by atoms with Crippen LogP contribution in [0.5, 0.6) is 11.5 Å². The van der Waals surface area contributed by atoms with E-state index in [9.17, 15) is 0 Å². The summed E-state index contributed by atoms with van der Waals surface area (Å²) in [5, 5.41) is 3.55. The average Bonchev–Trinajstić information content (AvgIpc) is 2.55. The average molecular weight is 283 g/mol. The molecule has 1 heterocycles. The van der Waals surface area contributed by atoms with E-state index in [1.807, 2.05) is 6.07 Å². The van der Waals surface area contributed by atoms with Crippen molar-refractivity contribution in [2.45, 2.75) is 19.3 Å². The van der Waals surface area contributed by atoms with E-state index in [2.05, 4.69) is 35.6 Å². The second-order valence-electron chi connectivity index (χ2n) is 5.35. The van der Waals surface area contributed by atoms with Crippen LogP contribution < -0.4 is 14.8 Å². The molecule has 0 radical (unpaired) electrons. The molecule has 3 rings (SSSR count). The van der Waals surface area contributed by atoms with Crippen LogP contribution in [0, 0.1) is 0 Å². The zero-order chi connectivity index (χ0) is 14.7. The van der Waals surface area contributed by atoms with Gasteiger partial charge in [-0.3, -0.25) is 0 Å². The fourth-order valence-corrected chi connectivity index (χ4v) is 2.94. The van der Waals surface area contributed by atoms with Crippen molar-refractivity contribution in [2.75, 3.05) is 26.1 Å². The van der Waals surface area contributed by atoms with Crippen molar-refractivity contribution in [3.63, 3.8) is 0 Å². The van der Waals surface area contributed by atoms with Gasteiger partial charge in [0, 0.05) is 12.2 Å². The zero-order valence-electron chi connectivity index (χ0n) is 12.6. The fourth-order valence-electron chi connectivity index (χ4n) is 2.94. The van der Waals surface area contributed by atoms with Crippen LogP contribution in [-0.4, -0.2) is 20.8 Å². The lowest BCUT2D eigenvalue weighted by molar-refractivity contribution is 0.354. The van der Waals surface area contributed by atoms with E-state index in [4.69, 9.17) is 9.47 Å². The van der Waals surface area contributed by atoms with Gasteiger partial charge in [-0.1, -0.05) is 24.3 Å². The van der Waals surface area contributed by atoms with Crippen molar-refractivity contribution in [2.24, 2.45) is 0 Å². The Morgan fingerprint density at radius 2 is 1.90 bits per heavy atom. The third kappa shape index (κ3) is 2.82. The third-order valence-electron chi connectivity index (χ3n) is 4.00. The van der Waals surface area contributed by atoms with Gasteiger partial charge in [0.15, 0.2) is 11.5 Å². The Morgan fingerprint density at radius 3 is 2.71 bits per heavy atom. The van der Waals surface area contributed by atoms with Gasteiger partial charge in [0.05, 0.1) is 14.2 Å². The van der Waals surface area contributed by atoms with Crippen LogP contribution in [-0.2, 0) is 12.8 Å². The standard InChI is InChI=1S/C18H21NO2/c1-20-16-9-8-13(12-17(16)21-2)11-15-6-3-5-14-7-4-10-19-18(14)15/h3,5-6,8-9,12,19H,4,7,10-11H2,1-2H3. The van der Waals surface area contributed by atoms with E-state index >= 15 is 0 Å². The molecule has 0 spiro atoms. The van der Waals surface area contributed by atoms with Crippen LogP contribution in [0.3, 0.4) is 0 Å². The first kappa shape index (κ1) is 13.8. The minimum atomic E-state index is 0.773. The lowest BCUT2D eigenvalue weighted by Crippen LogP contribution is -2.13. The summed E-state index contributed by atoms with van der Waals surface area (Å²) < 4.78 is 10.7. The molecule has 0 fully saturated rings. The highest BCUT2D eigenvalue weighted by Gasteiger charge is 2.13. The molecule has 0 saturated carbocycles. The van der Waals surface area contributed by atoms with E-state index in [0.29, 0.717) is 0 Å². The molecule has 0 aliphatic carbocycles. The van der Waals surface area contributed by atoms with Crippen LogP contribution in [0.25, 0.3) is 0 Å². The van der Waals surface area contributed by atoms with Gasteiger partial charge in [-0.15, -0.1) is 0 Å². The highest BCUT2D eigenvalue weighted by atomic mass is 16.5. The number of anilines is 1. The second-order valence-corrected chi connectivity index (χ2v) is 5.35. The van der Waals surface area contributed by atoms with Gasteiger partial charge >= 0.3 is 0 Å². The minimum absolute atomic E-state index is 0.773. The summed E-state index contributed by atoms with van der Waals surface area (Å²) in [5.41, 5.74) is 5.32. The molecular formula is C18H21NO2. The maximum atomic E-state index is 5.39. The van der Waals surface area contributed by atoms with E-state index in [1.54, 1.807) is 14.2 Å². The number of para-hydroxylation sites is 1. The maximum absolute atomic E-state index is 5.39. The van der Waals surface area contributed by atoms with Crippen LogP contribution in [0.4, 0.5) is 5.69 Å². The molecule has 0 aromatic heterocycles. The molecule has 0 atom stereocenters.